The van der Waals surface area contributed by atoms with Crippen LogP contribution in [0.2, 0.25) is 0 Å². The Morgan fingerprint density at radius 1 is 1.62 bits per heavy atom. The molecule has 74 valence electrons. The van der Waals surface area contributed by atoms with Gasteiger partial charge in [0.1, 0.15) is 6.61 Å². The minimum atomic E-state index is 0.506. The zero-order valence-electron chi connectivity index (χ0n) is 8.17. The Hall–Kier alpha value is -0.870. The molecule has 4 heteroatoms. The van der Waals surface area contributed by atoms with Crippen molar-refractivity contribution in [2.75, 3.05) is 19.7 Å². The first-order valence-corrected chi connectivity index (χ1v) is 4.53. The van der Waals surface area contributed by atoms with E-state index in [9.17, 15) is 0 Å². The first-order valence-electron chi connectivity index (χ1n) is 4.53. The fraction of sp³-hybridized carbons (Fsp3) is 0.667. The number of likely N-dealkylation sites (N-methyl/N-ethyl adjacent to an activating group) is 1. The third-order valence-electron chi connectivity index (χ3n) is 1.59. The molecule has 0 saturated carbocycles. The second-order valence-corrected chi connectivity index (χ2v) is 2.84. The molecule has 1 heterocycles. The SMILES string of the molecule is CCNCCOCc1cc(C)no1. The largest absolute Gasteiger partial charge is 0.372 e. The van der Waals surface area contributed by atoms with Crippen LogP contribution in [0.3, 0.4) is 0 Å². The Morgan fingerprint density at radius 2 is 2.46 bits per heavy atom. The van der Waals surface area contributed by atoms with Crippen molar-refractivity contribution in [2.24, 2.45) is 0 Å². The summed E-state index contributed by atoms with van der Waals surface area (Å²) in [6.07, 6.45) is 0. The highest BCUT2D eigenvalue weighted by atomic mass is 16.5. The van der Waals surface area contributed by atoms with E-state index in [1.807, 2.05) is 13.0 Å². The van der Waals surface area contributed by atoms with Gasteiger partial charge in [0.2, 0.25) is 0 Å². The van der Waals surface area contributed by atoms with Crippen LogP contribution in [0, 0.1) is 6.92 Å². The molecule has 1 N–H and O–H groups in total. The molecule has 0 radical (unpaired) electrons. The molecule has 0 fully saturated rings. The standard InChI is InChI=1S/C9H16N2O2/c1-3-10-4-5-12-7-9-6-8(2)11-13-9/h6,10H,3-5,7H2,1-2H3. The summed E-state index contributed by atoms with van der Waals surface area (Å²) in [5, 5.41) is 6.93. The van der Waals surface area contributed by atoms with Gasteiger partial charge in [-0.1, -0.05) is 12.1 Å². The van der Waals surface area contributed by atoms with Crippen molar-refractivity contribution in [2.45, 2.75) is 20.5 Å². The second kappa shape index (κ2) is 5.72. The predicted octanol–water partition coefficient (Wildman–Crippen LogP) is 1.11. The molecule has 1 rings (SSSR count). The zero-order valence-corrected chi connectivity index (χ0v) is 8.17. The molecule has 0 spiro atoms. The van der Waals surface area contributed by atoms with Gasteiger partial charge in [-0.05, 0) is 13.5 Å². The summed E-state index contributed by atoms with van der Waals surface area (Å²) < 4.78 is 10.3. The topological polar surface area (TPSA) is 47.3 Å². The van der Waals surface area contributed by atoms with Gasteiger partial charge in [0.25, 0.3) is 0 Å². The molecule has 0 aliphatic carbocycles. The summed E-state index contributed by atoms with van der Waals surface area (Å²) in [5.74, 6) is 0.786. The van der Waals surface area contributed by atoms with Crippen molar-refractivity contribution in [1.82, 2.24) is 10.5 Å². The first-order chi connectivity index (χ1) is 6.33. The van der Waals surface area contributed by atoms with Gasteiger partial charge in [0.05, 0.1) is 12.3 Å². The van der Waals surface area contributed by atoms with E-state index >= 15 is 0 Å². The lowest BCUT2D eigenvalue weighted by Gasteiger charge is -2.01. The van der Waals surface area contributed by atoms with Gasteiger partial charge in [0.15, 0.2) is 5.76 Å². The van der Waals surface area contributed by atoms with Crippen molar-refractivity contribution >= 4 is 0 Å². The van der Waals surface area contributed by atoms with E-state index in [1.165, 1.54) is 0 Å². The third-order valence-corrected chi connectivity index (χ3v) is 1.59. The average molecular weight is 184 g/mol. The number of aryl methyl sites for hydroxylation is 1. The number of ether oxygens (including phenoxy) is 1. The minimum absolute atomic E-state index is 0.506. The third kappa shape index (κ3) is 4.05. The minimum Gasteiger partial charge on any atom is -0.372 e. The molecule has 0 unspecified atom stereocenters. The fourth-order valence-electron chi connectivity index (χ4n) is 0.978. The van der Waals surface area contributed by atoms with Crippen molar-refractivity contribution in [3.63, 3.8) is 0 Å². The Kier molecular flexibility index (Phi) is 4.49. The summed E-state index contributed by atoms with van der Waals surface area (Å²) in [6.45, 7) is 7.03. The average Bonchev–Trinajstić information content (AvgIpc) is 2.51. The van der Waals surface area contributed by atoms with Crippen LogP contribution in [0.5, 0.6) is 0 Å². The van der Waals surface area contributed by atoms with Crippen LogP contribution in [-0.2, 0) is 11.3 Å². The molecule has 1 aromatic rings. The molecule has 0 saturated heterocycles. The molecule has 0 amide bonds. The maximum atomic E-state index is 5.34. The zero-order chi connectivity index (χ0) is 9.52. The highest BCUT2D eigenvalue weighted by Crippen LogP contribution is 2.02. The lowest BCUT2D eigenvalue weighted by atomic mass is 10.4. The molecule has 0 bridgehead atoms. The smallest absolute Gasteiger partial charge is 0.162 e. The summed E-state index contributed by atoms with van der Waals surface area (Å²) >= 11 is 0. The fourth-order valence-corrected chi connectivity index (χ4v) is 0.978. The van der Waals surface area contributed by atoms with Gasteiger partial charge in [-0.3, -0.25) is 0 Å². The van der Waals surface area contributed by atoms with Gasteiger partial charge < -0.3 is 14.6 Å². The Balaban J connectivity index is 2.06. The Bertz CT molecular complexity index is 235. The molecule has 0 atom stereocenters. The summed E-state index contributed by atoms with van der Waals surface area (Å²) in [6, 6.07) is 1.88. The van der Waals surface area contributed by atoms with Gasteiger partial charge >= 0.3 is 0 Å². The van der Waals surface area contributed by atoms with Crippen LogP contribution in [0.25, 0.3) is 0 Å². The molecule has 4 nitrogen and oxygen atoms in total. The molecule has 0 aliphatic rings. The quantitative estimate of drug-likeness (QED) is 0.673. The number of hydrogen-bond donors (Lipinski definition) is 1. The molecule has 0 aromatic carbocycles. The van der Waals surface area contributed by atoms with Crippen molar-refractivity contribution in [3.8, 4) is 0 Å². The summed E-state index contributed by atoms with van der Waals surface area (Å²) in [5.41, 5.74) is 0.894. The lowest BCUT2D eigenvalue weighted by molar-refractivity contribution is 0.103. The van der Waals surface area contributed by atoms with Crippen LogP contribution < -0.4 is 5.32 Å². The monoisotopic (exact) mass is 184 g/mol. The van der Waals surface area contributed by atoms with Crippen molar-refractivity contribution in [3.05, 3.63) is 17.5 Å². The maximum absolute atomic E-state index is 5.34. The van der Waals surface area contributed by atoms with E-state index in [2.05, 4.69) is 17.4 Å². The highest BCUT2D eigenvalue weighted by molar-refractivity contribution is 5.01. The Labute approximate surface area is 78.2 Å². The van der Waals surface area contributed by atoms with Gasteiger partial charge in [-0.2, -0.15) is 0 Å². The van der Waals surface area contributed by atoms with E-state index in [-0.39, 0.29) is 0 Å². The van der Waals surface area contributed by atoms with E-state index in [0.717, 1.165) is 24.5 Å². The number of nitrogens with one attached hydrogen (secondary N) is 1. The van der Waals surface area contributed by atoms with E-state index in [1.54, 1.807) is 0 Å². The van der Waals surface area contributed by atoms with Gasteiger partial charge in [-0.15, -0.1) is 0 Å². The first kappa shape index (κ1) is 10.2. The van der Waals surface area contributed by atoms with Gasteiger partial charge in [0, 0.05) is 12.6 Å². The van der Waals surface area contributed by atoms with Crippen LogP contribution >= 0.6 is 0 Å². The summed E-state index contributed by atoms with van der Waals surface area (Å²) in [4.78, 5) is 0. The molecular formula is C9H16N2O2. The molecule has 1 aromatic heterocycles. The number of aromatic nitrogens is 1. The second-order valence-electron chi connectivity index (χ2n) is 2.84. The molecule has 13 heavy (non-hydrogen) atoms. The number of nitrogens with zero attached hydrogens (tertiary/aromatic N) is 1. The van der Waals surface area contributed by atoms with Gasteiger partial charge in [-0.25, -0.2) is 0 Å². The van der Waals surface area contributed by atoms with Crippen LogP contribution in [0.4, 0.5) is 0 Å². The molecule has 0 aliphatic heterocycles. The van der Waals surface area contributed by atoms with E-state index in [4.69, 9.17) is 9.26 Å². The number of hydrogen-bond acceptors (Lipinski definition) is 4. The maximum Gasteiger partial charge on any atom is 0.162 e. The van der Waals surface area contributed by atoms with Crippen LogP contribution in [-0.4, -0.2) is 24.9 Å². The normalized spacial score (nSPS) is 10.6. The predicted molar refractivity (Wildman–Crippen MR) is 49.4 cm³/mol. The van der Waals surface area contributed by atoms with Crippen LogP contribution in [0.1, 0.15) is 18.4 Å². The lowest BCUT2D eigenvalue weighted by Crippen LogP contribution is -2.18. The van der Waals surface area contributed by atoms with E-state index < -0.39 is 0 Å². The Morgan fingerprint density at radius 3 is 3.08 bits per heavy atom. The molecular weight excluding hydrogens is 168 g/mol. The summed E-state index contributed by atoms with van der Waals surface area (Å²) in [7, 11) is 0. The van der Waals surface area contributed by atoms with Crippen molar-refractivity contribution in [1.29, 1.82) is 0 Å². The van der Waals surface area contributed by atoms with Crippen molar-refractivity contribution < 1.29 is 9.26 Å². The van der Waals surface area contributed by atoms with Crippen LogP contribution in [0.15, 0.2) is 10.6 Å². The number of rotatable bonds is 6. The highest BCUT2D eigenvalue weighted by Gasteiger charge is 1.99. The van der Waals surface area contributed by atoms with E-state index in [0.29, 0.717) is 13.2 Å².